The summed E-state index contributed by atoms with van der Waals surface area (Å²) in [6.45, 7) is 0. The molecule has 0 amide bonds. The van der Waals surface area contributed by atoms with Crippen molar-refractivity contribution in [1.29, 1.82) is 0 Å². The summed E-state index contributed by atoms with van der Waals surface area (Å²) >= 11 is 1.44. The second-order valence-electron chi connectivity index (χ2n) is 5.01. The lowest BCUT2D eigenvalue weighted by atomic mass is 10.3. The van der Waals surface area contributed by atoms with Gasteiger partial charge in [0.1, 0.15) is 5.65 Å². The average Bonchev–Trinajstić information content (AvgIpc) is 3.09. The maximum absolute atomic E-state index is 12.1. The number of benzene rings is 1. The summed E-state index contributed by atoms with van der Waals surface area (Å²) in [6, 6.07) is 16.7. The summed E-state index contributed by atoms with van der Waals surface area (Å²) < 4.78 is 3.18. The first-order valence-electron chi connectivity index (χ1n) is 7.25. The van der Waals surface area contributed by atoms with E-state index in [1.165, 1.54) is 22.2 Å². The Labute approximate surface area is 141 Å². The van der Waals surface area contributed by atoms with Crippen molar-refractivity contribution >= 4 is 17.4 Å². The summed E-state index contributed by atoms with van der Waals surface area (Å²) in [5.74, 6) is 0.508. The topological polar surface area (TPSA) is 78.0 Å². The molecule has 0 saturated carbocycles. The molecular formula is C16H12N6OS. The van der Waals surface area contributed by atoms with Crippen molar-refractivity contribution in [2.24, 2.45) is 0 Å². The number of rotatable bonds is 4. The standard InChI is InChI=1S/C16H12N6OS/c23-15-10-12(17-14-8-4-5-9-21(14)15)11-24-16-18-19-20-22(16)13-6-2-1-3-7-13/h1-10H,11H2. The second kappa shape index (κ2) is 6.25. The molecule has 0 unspecified atom stereocenters. The maximum atomic E-state index is 12.1. The van der Waals surface area contributed by atoms with E-state index in [9.17, 15) is 4.79 Å². The number of nitrogens with zero attached hydrogens (tertiary/aromatic N) is 6. The Morgan fingerprint density at radius 3 is 2.75 bits per heavy atom. The maximum Gasteiger partial charge on any atom is 0.258 e. The van der Waals surface area contributed by atoms with Crippen LogP contribution in [0.25, 0.3) is 11.3 Å². The molecule has 0 radical (unpaired) electrons. The number of hydrogen-bond acceptors (Lipinski definition) is 6. The van der Waals surface area contributed by atoms with Crippen molar-refractivity contribution in [2.75, 3.05) is 0 Å². The smallest absolute Gasteiger partial charge is 0.258 e. The molecule has 0 N–H and O–H groups in total. The average molecular weight is 336 g/mol. The lowest BCUT2D eigenvalue weighted by Gasteiger charge is -2.05. The van der Waals surface area contributed by atoms with Gasteiger partial charge in [-0.15, -0.1) is 5.10 Å². The fraction of sp³-hybridized carbons (Fsp3) is 0.0625. The molecule has 0 aliphatic carbocycles. The third kappa shape index (κ3) is 2.79. The molecule has 0 fully saturated rings. The lowest BCUT2D eigenvalue weighted by Crippen LogP contribution is -2.14. The Morgan fingerprint density at radius 1 is 1.04 bits per heavy atom. The van der Waals surface area contributed by atoms with E-state index in [-0.39, 0.29) is 5.56 Å². The van der Waals surface area contributed by atoms with E-state index in [0.29, 0.717) is 22.3 Å². The zero-order chi connectivity index (χ0) is 16.4. The van der Waals surface area contributed by atoms with E-state index in [2.05, 4.69) is 20.5 Å². The predicted molar refractivity (Wildman–Crippen MR) is 90.2 cm³/mol. The normalized spacial score (nSPS) is 11.0. The van der Waals surface area contributed by atoms with Gasteiger partial charge in [0.15, 0.2) is 0 Å². The van der Waals surface area contributed by atoms with Crippen molar-refractivity contribution in [3.63, 3.8) is 0 Å². The number of pyridine rings is 1. The monoisotopic (exact) mass is 336 g/mol. The van der Waals surface area contributed by atoms with Gasteiger partial charge in [-0.2, -0.15) is 4.68 Å². The number of aromatic nitrogens is 6. The minimum absolute atomic E-state index is 0.0983. The van der Waals surface area contributed by atoms with Crippen molar-refractivity contribution in [3.05, 3.63) is 76.8 Å². The summed E-state index contributed by atoms with van der Waals surface area (Å²) in [5, 5.41) is 12.4. The van der Waals surface area contributed by atoms with Crippen LogP contribution in [0.2, 0.25) is 0 Å². The van der Waals surface area contributed by atoms with Crippen LogP contribution in [0, 0.1) is 0 Å². The highest BCUT2D eigenvalue weighted by Crippen LogP contribution is 2.21. The highest BCUT2D eigenvalue weighted by Gasteiger charge is 2.10. The highest BCUT2D eigenvalue weighted by molar-refractivity contribution is 7.98. The molecule has 0 aliphatic heterocycles. The van der Waals surface area contributed by atoms with Crippen molar-refractivity contribution in [3.8, 4) is 5.69 Å². The van der Waals surface area contributed by atoms with E-state index in [0.717, 1.165) is 5.69 Å². The van der Waals surface area contributed by atoms with E-state index in [4.69, 9.17) is 0 Å². The Bertz CT molecular complexity index is 1040. The lowest BCUT2D eigenvalue weighted by molar-refractivity contribution is 0.756. The minimum Gasteiger partial charge on any atom is -0.269 e. The van der Waals surface area contributed by atoms with Gasteiger partial charge >= 0.3 is 0 Å². The molecule has 3 aromatic heterocycles. The fourth-order valence-electron chi connectivity index (χ4n) is 2.32. The fourth-order valence-corrected chi connectivity index (χ4v) is 3.10. The van der Waals surface area contributed by atoms with Crippen LogP contribution in [0.1, 0.15) is 5.69 Å². The van der Waals surface area contributed by atoms with E-state index >= 15 is 0 Å². The zero-order valence-electron chi connectivity index (χ0n) is 12.5. The summed E-state index contributed by atoms with van der Waals surface area (Å²) in [6.07, 6.45) is 1.71. The number of fused-ring (bicyclic) bond motifs is 1. The van der Waals surface area contributed by atoms with Gasteiger partial charge in [0.2, 0.25) is 5.16 Å². The first kappa shape index (κ1) is 14.6. The van der Waals surface area contributed by atoms with Crippen molar-refractivity contribution < 1.29 is 0 Å². The molecular weight excluding hydrogens is 324 g/mol. The van der Waals surface area contributed by atoms with Gasteiger partial charge in [0, 0.05) is 18.0 Å². The van der Waals surface area contributed by atoms with Crippen LogP contribution in [0.3, 0.4) is 0 Å². The number of hydrogen-bond donors (Lipinski definition) is 0. The molecule has 4 rings (SSSR count). The van der Waals surface area contributed by atoms with Crippen LogP contribution in [0.5, 0.6) is 0 Å². The van der Waals surface area contributed by atoms with Crippen LogP contribution in [0.15, 0.2) is 70.7 Å². The first-order valence-corrected chi connectivity index (χ1v) is 8.24. The molecule has 8 heteroatoms. The molecule has 0 aliphatic rings. The Hall–Kier alpha value is -3.00. The minimum atomic E-state index is -0.0983. The van der Waals surface area contributed by atoms with Gasteiger partial charge in [0.25, 0.3) is 5.56 Å². The largest absolute Gasteiger partial charge is 0.269 e. The summed E-state index contributed by atoms with van der Waals surface area (Å²) in [7, 11) is 0. The van der Waals surface area contributed by atoms with Crippen LogP contribution in [0.4, 0.5) is 0 Å². The molecule has 1 aromatic carbocycles. The second-order valence-corrected chi connectivity index (χ2v) is 5.95. The van der Waals surface area contributed by atoms with Crippen LogP contribution < -0.4 is 5.56 Å². The molecule has 7 nitrogen and oxygen atoms in total. The van der Waals surface area contributed by atoms with Crippen LogP contribution in [-0.2, 0) is 5.75 Å². The Morgan fingerprint density at radius 2 is 1.88 bits per heavy atom. The quantitative estimate of drug-likeness (QED) is 0.530. The predicted octanol–water partition coefficient (Wildman–Crippen LogP) is 1.96. The van der Waals surface area contributed by atoms with E-state index in [1.807, 2.05) is 42.5 Å². The Kier molecular flexibility index (Phi) is 3.80. The van der Waals surface area contributed by atoms with Crippen molar-refractivity contribution in [1.82, 2.24) is 29.6 Å². The zero-order valence-corrected chi connectivity index (χ0v) is 13.3. The highest BCUT2D eigenvalue weighted by atomic mass is 32.2. The molecule has 0 atom stereocenters. The molecule has 3 heterocycles. The molecule has 118 valence electrons. The SMILES string of the molecule is O=c1cc(CSc2nnnn2-c2ccccc2)nc2ccccn12. The van der Waals surface area contributed by atoms with E-state index < -0.39 is 0 Å². The molecule has 0 saturated heterocycles. The Balaban J connectivity index is 1.60. The number of para-hydroxylation sites is 1. The third-order valence-electron chi connectivity index (χ3n) is 3.41. The van der Waals surface area contributed by atoms with Gasteiger partial charge < -0.3 is 0 Å². The first-order chi connectivity index (χ1) is 11.8. The van der Waals surface area contributed by atoms with Crippen molar-refractivity contribution in [2.45, 2.75) is 10.9 Å². The molecule has 24 heavy (non-hydrogen) atoms. The van der Waals surface area contributed by atoms with Gasteiger partial charge in [-0.1, -0.05) is 36.0 Å². The van der Waals surface area contributed by atoms with Gasteiger partial charge in [-0.25, -0.2) is 4.98 Å². The molecule has 0 spiro atoms. The van der Waals surface area contributed by atoms with Crippen LogP contribution >= 0.6 is 11.8 Å². The molecule has 0 bridgehead atoms. The summed E-state index contributed by atoms with van der Waals surface area (Å²) in [5.41, 5.74) is 2.11. The van der Waals surface area contributed by atoms with Gasteiger partial charge in [-0.3, -0.25) is 9.20 Å². The number of tetrazole rings is 1. The third-order valence-corrected chi connectivity index (χ3v) is 4.37. The number of thioether (sulfide) groups is 1. The summed E-state index contributed by atoms with van der Waals surface area (Å²) in [4.78, 5) is 16.6. The van der Waals surface area contributed by atoms with Crippen LogP contribution in [-0.4, -0.2) is 29.6 Å². The molecule has 4 aromatic rings. The van der Waals surface area contributed by atoms with Gasteiger partial charge in [-0.05, 0) is 34.7 Å². The van der Waals surface area contributed by atoms with Gasteiger partial charge in [0.05, 0.1) is 11.4 Å². The van der Waals surface area contributed by atoms with E-state index in [1.54, 1.807) is 16.9 Å².